The number of carbonyl (C=O) groups is 2. The molecule has 2 bridgehead atoms. The number of nitrogens with zero attached hydrogens (tertiary/aromatic N) is 3. The maximum Gasteiger partial charge on any atom is 0.414 e. The first-order chi connectivity index (χ1) is 18.0. The van der Waals surface area contributed by atoms with Gasteiger partial charge in [0.1, 0.15) is 11.9 Å². The topological polar surface area (TPSA) is 71.6 Å². The van der Waals surface area contributed by atoms with Crippen molar-refractivity contribution in [3.63, 3.8) is 0 Å². The summed E-state index contributed by atoms with van der Waals surface area (Å²) in [5, 5.41) is 0. The van der Waals surface area contributed by atoms with Gasteiger partial charge >= 0.3 is 12.2 Å². The molecule has 3 unspecified atom stereocenters. The molecule has 6 rings (SSSR count). The quantitative estimate of drug-likeness (QED) is 0.590. The van der Waals surface area contributed by atoms with Crippen molar-refractivity contribution in [2.75, 3.05) is 44.4 Å². The molecule has 4 fully saturated rings. The van der Waals surface area contributed by atoms with Crippen molar-refractivity contribution in [3.8, 4) is 0 Å². The van der Waals surface area contributed by atoms with Gasteiger partial charge in [-0.15, -0.1) is 0 Å². The van der Waals surface area contributed by atoms with Gasteiger partial charge in [0.25, 0.3) is 0 Å². The molecule has 1 spiro atoms. The van der Waals surface area contributed by atoms with Crippen molar-refractivity contribution in [1.82, 2.24) is 9.80 Å². The van der Waals surface area contributed by atoms with Crippen LogP contribution in [0.5, 0.6) is 0 Å². The molecular weight excluding hydrogens is 477 g/mol. The first kappa shape index (κ1) is 24.9. The van der Waals surface area contributed by atoms with Gasteiger partial charge < -0.3 is 24.0 Å². The van der Waals surface area contributed by atoms with Gasteiger partial charge in [0.05, 0.1) is 25.5 Å². The first-order valence-corrected chi connectivity index (χ1v) is 14.0. The van der Waals surface area contributed by atoms with Gasteiger partial charge in [-0.25, -0.2) is 14.0 Å². The van der Waals surface area contributed by atoms with Crippen molar-refractivity contribution in [1.29, 1.82) is 0 Å². The van der Waals surface area contributed by atoms with E-state index in [1.54, 1.807) is 17.0 Å². The highest BCUT2D eigenvalue weighted by atomic mass is 19.1. The van der Waals surface area contributed by atoms with E-state index >= 15 is 0 Å². The van der Waals surface area contributed by atoms with Crippen LogP contribution in [0.15, 0.2) is 18.2 Å². The van der Waals surface area contributed by atoms with E-state index in [0.717, 1.165) is 69.3 Å². The number of hydrogen-bond acceptors (Lipinski definition) is 6. The Morgan fingerprint density at radius 2 is 1.84 bits per heavy atom. The molecule has 0 aliphatic carbocycles. The zero-order valence-electron chi connectivity index (χ0n) is 21.7. The van der Waals surface area contributed by atoms with E-state index < -0.39 is 0 Å². The summed E-state index contributed by atoms with van der Waals surface area (Å²) in [5.74, 6) is -0.265. The lowest BCUT2D eigenvalue weighted by atomic mass is 9.73. The van der Waals surface area contributed by atoms with Crippen molar-refractivity contribution < 1.29 is 28.2 Å². The van der Waals surface area contributed by atoms with Gasteiger partial charge in [0, 0.05) is 36.5 Å². The third-order valence-electron chi connectivity index (χ3n) is 9.28. The number of piperidine rings is 2. The molecule has 202 valence electrons. The highest BCUT2D eigenvalue weighted by Gasteiger charge is 2.50. The minimum Gasteiger partial charge on any atom is -0.449 e. The van der Waals surface area contributed by atoms with Gasteiger partial charge in [-0.3, -0.25) is 4.90 Å². The van der Waals surface area contributed by atoms with Crippen LogP contribution in [0.4, 0.5) is 19.7 Å². The van der Waals surface area contributed by atoms with E-state index in [4.69, 9.17) is 14.2 Å². The number of ether oxygens (including phenoxy) is 3. The fourth-order valence-electron chi connectivity index (χ4n) is 7.37. The Kier molecular flexibility index (Phi) is 6.77. The maximum absolute atomic E-state index is 14.4. The summed E-state index contributed by atoms with van der Waals surface area (Å²) < 4.78 is 30.9. The smallest absolute Gasteiger partial charge is 0.414 e. The summed E-state index contributed by atoms with van der Waals surface area (Å²) >= 11 is 0. The second-order valence-electron chi connectivity index (χ2n) is 11.5. The molecule has 0 N–H and O–H groups in total. The third kappa shape index (κ3) is 4.58. The van der Waals surface area contributed by atoms with Gasteiger partial charge in [-0.1, -0.05) is 6.92 Å². The second-order valence-corrected chi connectivity index (χ2v) is 11.5. The molecule has 4 saturated heterocycles. The molecule has 9 heteroatoms. The number of halogens is 1. The fourth-order valence-corrected chi connectivity index (χ4v) is 7.37. The van der Waals surface area contributed by atoms with Crippen LogP contribution in [0.1, 0.15) is 63.9 Å². The molecule has 3 atom stereocenters. The Morgan fingerprint density at radius 3 is 2.51 bits per heavy atom. The zero-order valence-corrected chi connectivity index (χ0v) is 21.7. The van der Waals surface area contributed by atoms with Crippen LogP contribution in [-0.2, 0) is 19.6 Å². The number of carbonyl (C=O) groups excluding carboxylic acids is 2. The Morgan fingerprint density at radius 1 is 1.08 bits per heavy atom. The van der Waals surface area contributed by atoms with Gasteiger partial charge in [0.15, 0.2) is 0 Å². The van der Waals surface area contributed by atoms with Crippen LogP contribution in [-0.4, -0.2) is 85.7 Å². The molecule has 0 radical (unpaired) electrons. The number of likely N-dealkylation sites (tertiary alicyclic amines) is 1. The van der Waals surface area contributed by atoms with E-state index in [-0.39, 0.29) is 41.6 Å². The van der Waals surface area contributed by atoms with E-state index in [2.05, 4.69) is 4.90 Å². The molecule has 5 heterocycles. The average molecular weight is 516 g/mol. The summed E-state index contributed by atoms with van der Waals surface area (Å²) in [5.41, 5.74) is 1.44. The van der Waals surface area contributed by atoms with Crippen LogP contribution < -0.4 is 4.90 Å². The van der Waals surface area contributed by atoms with E-state index in [0.29, 0.717) is 38.8 Å². The lowest BCUT2D eigenvalue weighted by Gasteiger charge is -2.47. The molecule has 37 heavy (non-hydrogen) atoms. The number of hydrogen-bond donors (Lipinski definition) is 0. The lowest BCUT2D eigenvalue weighted by molar-refractivity contribution is 0.0265. The molecule has 8 nitrogen and oxygen atoms in total. The summed E-state index contributed by atoms with van der Waals surface area (Å²) in [6.07, 6.45) is 6.64. The summed E-state index contributed by atoms with van der Waals surface area (Å²) in [4.78, 5) is 32.0. The molecule has 5 aliphatic rings. The molecule has 0 aromatic heterocycles. The van der Waals surface area contributed by atoms with E-state index in [1.165, 1.54) is 6.07 Å². The Hall–Kier alpha value is -2.39. The standard InChI is InChI=1S/C28H38FN3O5/c1-2-12-36-27(34)32-20-4-5-21(32)16-22(15-20)30-10-8-28(9-11-30)18-31(25-6-3-19(29)14-24(25)28)26(33)37-23-7-13-35-17-23/h3,6,14,20-23H,2,4-5,7-13,15-18H2,1H3. The summed E-state index contributed by atoms with van der Waals surface area (Å²) in [6.45, 7) is 5.88. The minimum atomic E-state index is -0.360. The highest BCUT2D eigenvalue weighted by Crippen LogP contribution is 2.49. The monoisotopic (exact) mass is 515 g/mol. The SMILES string of the molecule is CCCOC(=O)N1C2CCC1CC(N1CCC3(CC1)CN(C(=O)OC1CCOC1)c1ccc(F)cc13)C2. The molecular formula is C28H38FN3O5. The fraction of sp³-hybridized carbons (Fsp3) is 0.714. The van der Waals surface area contributed by atoms with Crippen molar-refractivity contribution in [2.24, 2.45) is 0 Å². The largest absolute Gasteiger partial charge is 0.449 e. The number of fused-ring (bicyclic) bond motifs is 4. The predicted octanol–water partition coefficient (Wildman–Crippen LogP) is 4.45. The molecule has 2 amide bonds. The molecule has 5 aliphatic heterocycles. The molecule has 1 aromatic rings. The Balaban J connectivity index is 1.12. The molecule has 0 saturated carbocycles. The van der Waals surface area contributed by atoms with E-state index in [9.17, 15) is 14.0 Å². The van der Waals surface area contributed by atoms with Gasteiger partial charge in [0.2, 0.25) is 0 Å². The third-order valence-corrected chi connectivity index (χ3v) is 9.28. The maximum atomic E-state index is 14.4. The van der Waals surface area contributed by atoms with Crippen molar-refractivity contribution in [3.05, 3.63) is 29.6 Å². The number of anilines is 1. The van der Waals surface area contributed by atoms with Crippen LogP contribution in [0, 0.1) is 5.82 Å². The Labute approximate surface area is 218 Å². The van der Waals surface area contributed by atoms with E-state index in [1.807, 2.05) is 11.8 Å². The van der Waals surface area contributed by atoms with Crippen LogP contribution in [0.2, 0.25) is 0 Å². The summed E-state index contributed by atoms with van der Waals surface area (Å²) in [6, 6.07) is 5.74. The van der Waals surface area contributed by atoms with Crippen molar-refractivity contribution in [2.45, 2.75) is 87.9 Å². The molecule has 1 aromatic carbocycles. The number of amides is 2. The Bertz CT molecular complexity index is 1010. The first-order valence-electron chi connectivity index (χ1n) is 14.0. The normalized spacial score (nSPS) is 30.5. The van der Waals surface area contributed by atoms with Crippen LogP contribution in [0.25, 0.3) is 0 Å². The second kappa shape index (κ2) is 10.1. The lowest BCUT2D eigenvalue weighted by Crippen LogP contribution is -2.55. The minimum absolute atomic E-state index is 0.147. The summed E-state index contributed by atoms with van der Waals surface area (Å²) in [7, 11) is 0. The highest BCUT2D eigenvalue weighted by molar-refractivity contribution is 5.91. The van der Waals surface area contributed by atoms with Gasteiger partial charge in [-0.2, -0.15) is 0 Å². The van der Waals surface area contributed by atoms with Crippen molar-refractivity contribution >= 4 is 17.9 Å². The van der Waals surface area contributed by atoms with Crippen LogP contribution in [0.3, 0.4) is 0 Å². The van der Waals surface area contributed by atoms with Gasteiger partial charge in [-0.05, 0) is 81.8 Å². The van der Waals surface area contributed by atoms with Crippen LogP contribution >= 0.6 is 0 Å². The number of rotatable bonds is 4. The number of benzene rings is 1. The predicted molar refractivity (Wildman–Crippen MR) is 135 cm³/mol. The average Bonchev–Trinajstić information content (AvgIpc) is 3.59. The zero-order chi connectivity index (χ0) is 25.6.